The van der Waals surface area contributed by atoms with E-state index in [0.717, 1.165) is 37.9 Å². The summed E-state index contributed by atoms with van der Waals surface area (Å²) in [7, 11) is 0. The fourth-order valence-corrected chi connectivity index (χ4v) is 6.12. The summed E-state index contributed by atoms with van der Waals surface area (Å²) in [6.45, 7) is 3.31. The molecule has 3 heterocycles. The van der Waals surface area contributed by atoms with Crippen LogP contribution < -0.4 is 4.90 Å². The first-order valence-electron chi connectivity index (χ1n) is 13.4. The third-order valence-electron chi connectivity index (χ3n) is 8.13. The number of anilines is 1. The Bertz CT molecular complexity index is 1280. The number of nitrogens with one attached hydrogen (secondary N) is 1. The number of rotatable bonds is 5. The quantitative estimate of drug-likeness (QED) is 0.462. The molecule has 37 heavy (non-hydrogen) atoms. The van der Waals surface area contributed by atoms with Crippen LogP contribution in [0.15, 0.2) is 85.5 Å². The number of carbonyl (C=O) groups excluding carboxylic acids is 1. The van der Waals surface area contributed by atoms with E-state index in [9.17, 15) is 4.79 Å². The SMILES string of the molecule is O=C(N1CCN(Cc2c[nH]cn2)c2ccc(-c3ccccc3)cc2C1)C1(C2C=CCCC2)C=COCC1. The van der Waals surface area contributed by atoms with Crippen LogP contribution in [0, 0.1) is 11.3 Å². The maximum absolute atomic E-state index is 14.5. The van der Waals surface area contributed by atoms with Gasteiger partial charge in [0, 0.05) is 31.5 Å². The summed E-state index contributed by atoms with van der Waals surface area (Å²) in [4.78, 5) is 26.5. The molecule has 3 aromatic rings. The molecule has 0 saturated heterocycles. The standard InChI is InChI=1S/C31H34N4O2/c36-30(31(13-17-37-18-14-31)27-9-5-2-6-10-27)35-16-15-34(22-28-20-32-23-33-28)29-12-11-25(19-26(29)21-35)24-7-3-1-4-8-24/h1,3-5,7-9,11-13,17,19-20,23,27H,2,6,10,14-16,18,21-22H2,(H,32,33). The van der Waals surface area contributed by atoms with Crippen molar-refractivity contribution in [2.45, 2.75) is 38.8 Å². The van der Waals surface area contributed by atoms with Crippen LogP contribution in [-0.4, -0.2) is 40.5 Å². The number of amides is 1. The number of H-pyrrole nitrogens is 1. The van der Waals surface area contributed by atoms with Crippen LogP contribution in [0.2, 0.25) is 0 Å². The highest BCUT2D eigenvalue weighted by Crippen LogP contribution is 2.44. The molecule has 190 valence electrons. The van der Waals surface area contributed by atoms with Crippen molar-refractivity contribution < 1.29 is 9.53 Å². The Balaban J connectivity index is 1.37. The number of imidazole rings is 1. The molecule has 0 bridgehead atoms. The Hall–Kier alpha value is -3.80. The molecule has 3 aliphatic rings. The van der Waals surface area contributed by atoms with Gasteiger partial charge in [0.1, 0.15) is 0 Å². The minimum Gasteiger partial charge on any atom is -0.501 e. The van der Waals surface area contributed by atoms with Crippen molar-refractivity contribution in [3.05, 3.63) is 96.8 Å². The average Bonchev–Trinajstić information content (AvgIpc) is 3.42. The zero-order valence-corrected chi connectivity index (χ0v) is 21.2. The Morgan fingerprint density at radius 3 is 2.81 bits per heavy atom. The maximum atomic E-state index is 14.5. The summed E-state index contributed by atoms with van der Waals surface area (Å²) < 4.78 is 5.58. The second kappa shape index (κ2) is 10.3. The van der Waals surface area contributed by atoms with E-state index in [2.05, 4.69) is 74.4 Å². The van der Waals surface area contributed by atoms with E-state index in [0.29, 0.717) is 26.2 Å². The second-order valence-electron chi connectivity index (χ2n) is 10.3. The van der Waals surface area contributed by atoms with Gasteiger partial charge < -0.3 is 19.5 Å². The van der Waals surface area contributed by atoms with E-state index in [1.54, 1.807) is 12.6 Å². The Kier molecular flexibility index (Phi) is 6.56. The number of fused-ring (bicyclic) bond motifs is 1. The maximum Gasteiger partial charge on any atom is 0.233 e. The average molecular weight is 495 g/mol. The van der Waals surface area contributed by atoms with Gasteiger partial charge in [0.15, 0.2) is 0 Å². The van der Waals surface area contributed by atoms with Gasteiger partial charge in [-0.15, -0.1) is 0 Å². The molecule has 0 radical (unpaired) electrons. The van der Waals surface area contributed by atoms with Crippen LogP contribution in [0.5, 0.6) is 0 Å². The highest BCUT2D eigenvalue weighted by atomic mass is 16.5. The van der Waals surface area contributed by atoms with Gasteiger partial charge in [0.2, 0.25) is 5.91 Å². The van der Waals surface area contributed by atoms with Crippen LogP contribution in [0.4, 0.5) is 5.69 Å². The summed E-state index contributed by atoms with van der Waals surface area (Å²) in [5, 5.41) is 0. The number of allylic oxidation sites excluding steroid dienone is 2. The first-order chi connectivity index (χ1) is 18.2. The first-order valence-corrected chi connectivity index (χ1v) is 13.4. The van der Waals surface area contributed by atoms with E-state index in [1.807, 2.05) is 18.3 Å². The Morgan fingerprint density at radius 1 is 1.14 bits per heavy atom. The molecular weight excluding hydrogens is 460 g/mol. The van der Waals surface area contributed by atoms with Crippen molar-refractivity contribution in [2.75, 3.05) is 24.6 Å². The van der Waals surface area contributed by atoms with Crippen LogP contribution in [0.1, 0.15) is 36.9 Å². The molecule has 2 atom stereocenters. The predicted octanol–water partition coefficient (Wildman–Crippen LogP) is 5.70. The van der Waals surface area contributed by atoms with Crippen LogP contribution in [0.25, 0.3) is 11.1 Å². The van der Waals surface area contributed by atoms with Crippen molar-refractivity contribution >= 4 is 11.6 Å². The number of hydrogen-bond acceptors (Lipinski definition) is 4. The van der Waals surface area contributed by atoms with Crippen molar-refractivity contribution in [3.8, 4) is 11.1 Å². The van der Waals surface area contributed by atoms with Gasteiger partial charge in [-0.1, -0.05) is 48.6 Å². The normalized spacial score (nSPS) is 23.3. The lowest BCUT2D eigenvalue weighted by atomic mass is 9.67. The zero-order valence-electron chi connectivity index (χ0n) is 21.2. The smallest absolute Gasteiger partial charge is 0.233 e. The topological polar surface area (TPSA) is 61.5 Å². The summed E-state index contributed by atoms with van der Waals surface area (Å²) in [6.07, 6.45) is 16.0. The fraction of sp³-hybridized carbons (Fsp3) is 0.355. The lowest BCUT2D eigenvalue weighted by Crippen LogP contribution is -2.49. The molecule has 0 saturated carbocycles. The van der Waals surface area contributed by atoms with Crippen LogP contribution in [-0.2, 0) is 22.6 Å². The number of nitrogens with zero attached hydrogens (tertiary/aromatic N) is 3. The number of benzene rings is 2. The monoisotopic (exact) mass is 494 g/mol. The van der Waals surface area contributed by atoms with E-state index in [-0.39, 0.29) is 11.8 Å². The highest BCUT2D eigenvalue weighted by Gasteiger charge is 2.46. The van der Waals surface area contributed by atoms with Crippen molar-refractivity contribution in [3.63, 3.8) is 0 Å². The Morgan fingerprint density at radius 2 is 2.05 bits per heavy atom. The fourth-order valence-electron chi connectivity index (χ4n) is 6.12. The lowest BCUT2D eigenvalue weighted by Gasteiger charge is -2.41. The van der Waals surface area contributed by atoms with Crippen molar-refractivity contribution in [2.24, 2.45) is 11.3 Å². The van der Waals surface area contributed by atoms with Gasteiger partial charge in [-0.2, -0.15) is 0 Å². The highest BCUT2D eigenvalue weighted by molar-refractivity contribution is 5.86. The van der Waals surface area contributed by atoms with Crippen LogP contribution >= 0.6 is 0 Å². The zero-order chi connectivity index (χ0) is 25.1. The first kappa shape index (κ1) is 23.6. The number of aromatic amines is 1. The largest absolute Gasteiger partial charge is 0.501 e. The van der Waals surface area contributed by atoms with Gasteiger partial charge in [-0.25, -0.2) is 4.98 Å². The number of hydrogen-bond donors (Lipinski definition) is 1. The lowest BCUT2D eigenvalue weighted by molar-refractivity contribution is -0.144. The van der Waals surface area contributed by atoms with Gasteiger partial charge in [-0.05, 0) is 66.5 Å². The molecule has 1 N–H and O–H groups in total. The van der Waals surface area contributed by atoms with Gasteiger partial charge in [-0.3, -0.25) is 4.79 Å². The molecule has 1 aromatic heterocycles. The second-order valence-corrected chi connectivity index (χ2v) is 10.3. The van der Waals surface area contributed by atoms with Crippen LogP contribution in [0.3, 0.4) is 0 Å². The predicted molar refractivity (Wildman–Crippen MR) is 146 cm³/mol. The molecule has 6 nitrogen and oxygen atoms in total. The third-order valence-corrected chi connectivity index (χ3v) is 8.13. The molecule has 2 unspecified atom stereocenters. The molecule has 0 fully saturated rings. The summed E-state index contributed by atoms with van der Waals surface area (Å²) in [5.41, 5.74) is 5.16. The van der Waals surface area contributed by atoms with Gasteiger partial charge in [0.05, 0.1) is 36.8 Å². The van der Waals surface area contributed by atoms with E-state index < -0.39 is 5.41 Å². The molecule has 2 aliphatic heterocycles. The molecule has 1 aliphatic carbocycles. The molecule has 2 aromatic carbocycles. The van der Waals surface area contributed by atoms with E-state index in [4.69, 9.17) is 4.74 Å². The van der Waals surface area contributed by atoms with E-state index in [1.165, 1.54) is 22.4 Å². The molecule has 6 heteroatoms. The molecule has 0 spiro atoms. The molecule has 1 amide bonds. The number of aromatic nitrogens is 2. The minimum absolute atomic E-state index is 0.215. The minimum atomic E-state index is -0.538. The third kappa shape index (κ3) is 4.68. The Labute approximate surface area is 218 Å². The number of carbonyl (C=O) groups is 1. The summed E-state index contributed by atoms with van der Waals surface area (Å²) in [6, 6.07) is 17.1. The van der Waals surface area contributed by atoms with Gasteiger partial charge >= 0.3 is 0 Å². The summed E-state index contributed by atoms with van der Waals surface area (Å²) in [5.74, 6) is 0.439. The summed E-state index contributed by atoms with van der Waals surface area (Å²) >= 11 is 0. The van der Waals surface area contributed by atoms with Crippen molar-refractivity contribution in [1.82, 2.24) is 14.9 Å². The molecule has 6 rings (SSSR count). The van der Waals surface area contributed by atoms with E-state index >= 15 is 0 Å². The van der Waals surface area contributed by atoms with Crippen molar-refractivity contribution in [1.29, 1.82) is 0 Å². The number of ether oxygens (including phenoxy) is 1. The molecular formula is C31H34N4O2. The van der Waals surface area contributed by atoms with Gasteiger partial charge in [0.25, 0.3) is 0 Å².